The zero-order valence-corrected chi connectivity index (χ0v) is 16.0. The van der Waals surface area contributed by atoms with Crippen LogP contribution < -0.4 is 5.32 Å². The molecule has 1 aliphatic heterocycles. The number of nitrogens with zero attached hydrogens (tertiary/aromatic N) is 3. The molecule has 2 heterocycles. The van der Waals surface area contributed by atoms with E-state index in [2.05, 4.69) is 15.4 Å². The Morgan fingerprint density at radius 1 is 1.19 bits per heavy atom. The number of rotatable bonds is 6. The standard InChI is InChI=1S/C19H23ClN4O3/c1-14-12-17(22-27-14)19(26)24-10-8-23(9-11-24)7-6-21-18(25)13-15-2-4-16(20)5-3-15/h2-5,12H,6-11,13H2,1H3,(H,21,25). The van der Waals surface area contributed by atoms with Gasteiger partial charge in [-0.2, -0.15) is 0 Å². The maximum Gasteiger partial charge on any atom is 0.276 e. The SMILES string of the molecule is Cc1cc(C(=O)N2CCN(CCNC(=O)Cc3ccc(Cl)cc3)CC2)no1. The van der Waals surface area contributed by atoms with E-state index in [1.165, 1.54) is 0 Å². The summed E-state index contributed by atoms with van der Waals surface area (Å²) in [5.41, 5.74) is 1.29. The summed E-state index contributed by atoms with van der Waals surface area (Å²) in [4.78, 5) is 28.4. The molecule has 1 saturated heterocycles. The number of hydrogen-bond acceptors (Lipinski definition) is 5. The smallest absolute Gasteiger partial charge is 0.276 e. The van der Waals surface area contributed by atoms with Crippen LogP contribution in [0.1, 0.15) is 21.8 Å². The van der Waals surface area contributed by atoms with Gasteiger partial charge in [0.2, 0.25) is 5.91 Å². The normalized spacial score (nSPS) is 15.0. The lowest BCUT2D eigenvalue weighted by atomic mass is 10.1. The van der Waals surface area contributed by atoms with Crippen molar-refractivity contribution in [3.63, 3.8) is 0 Å². The Morgan fingerprint density at radius 3 is 2.52 bits per heavy atom. The highest BCUT2D eigenvalue weighted by Gasteiger charge is 2.24. The number of benzene rings is 1. The minimum absolute atomic E-state index is 0.00691. The van der Waals surface area contributed by atoms with Gasteiger partial charge in [0.1, 0.15) is 5.76 Å². The molecule has 2 aromatic rings. The summed E-state index contributed by atoms with van der Waals surface area (Å²) in [6.45, 7) is 5.95. The lowest BCUT2D eigenvalue weighted by Gasteiger charge is -2.34. The fourth-order valence-electron chi connectivity index (χ4n) is 3.01. The largest absolute Gasteiger partial charge is 0.361 e. The molecule has 3 rings (SSSR count). The monoisotopic (exact) mass is 390 g/mol. The average molecular weight is 391 g/mol. The van der Waals surface area contributed by atoms with E-state index in [1.807, 2.05) is 12.1 Å². The number of piperazine rings is 1. The van der Waals surface area contributed by atoms with Crippen LogP contribution in [0.4, 0.5) is 0 Å². The Labute approximate surface area is 163 Å². The van der Waals surface area contributed by atoms with Gasteiger partial charge in [-0.25, -0.2) is 0 Å². The van der Waals surface area contributed by atoms with E-state index in [1.54, 1.807) is 30.0 Å². The van der Waals surface area contributed by atoms with E-state index in [9.17, 15) is 9.59 Å². The summed E-state index contributed by atoms with van der Waals surface area (Å²) in [6.07, 6.45) is 0.344. The summed E-state index contributed by atoms with van der Waals surface area (Å²) in [5.74, 6) is 0.529. The van der Waals surface area contributed by atoms with Crippen molar-refractivity contribution in [2.75, 3.05) is 39.3 Å². The first-order valence-electron chi connectivity index (χ1n) is 8.97. The molecule has 1 fully saturated rings. The Bertz CT molecular complexity index is 783. The van der Waals surface area contributed by atoms with Gasteiger partial charge >= 0.3 is 0 Å². The third-order valence-electron chi connectivity index (χ3n) is 4.53. The molecular formula is C19H23ClN4O3. The molecule has 0 bridgehead atoms. The average Bonchev–Trinajstić information content (AvgIpc) is 3.10. The van der Waals surface area contributed by atoms with Crippen molar-refractivity contribution < 1.29 is 14.1 Å². The first-order chi connectivity index (χ1) is 13.0. The fourth-order valence-corrected chi connectivity index (χ4v) is 3.13. The molecular weight excluding hydrogens is 368 g/mol. The van der Waals surface area contributed by atoms with Gasteiger partial charge in [0.05, 0.1) is 6.42 Å². The highest BCUT2D eigenvalue weighted by Crippen LogP contribution is 2.10. The summed E-state index contributed by atoms with van der Waals surface area (Å²) >= 11 is 5.84. The van der Waals surface area contributed by atoms with E-state index in [4.69, 9.17) is 16.1 Å². The van der Waals surface area contributed by atoms with Crippen molar-refractivity contribution in [2.45, 2.75) is 13.3 Å². The van der Waals surface area contributed by atoms with Crippen LogP contribution >= 0.6 is 11.6 Å². The molecule has 0 unspecified atom stereocenters. The van der Waals surface area contributed by atoms with Crippen molar-refractivity contribution in [2.24, 2.45) is 0 Å². The number of carbonyl (C=O) groups excluding carboxylic acids is 2. The number of halogens is 1. The van der Waals surface area contributed by atoms with E-state index in [0.29, 0.717) is 42.5 Å². The maximum absolute atomic E-state index is 12.3. The predicted molar refractivity (Wildman–Crippen MR) is 102 cm³/mol. The van der Waals surface area contributed by atoms with Crippen LogP contribution in [0.2, 0.25) is 5.02 Å². The van der Waals surface area contributed by atoms with Crippen molar-refractivity contribution in [3.05, 3.63) is 52.4 Å². The number of nitrogens with one attached hydrogen (secondary N) is 1. The van der Waals surface area contributed by atoms with Gasteiger partial charge in [-0.15, -0.1) is 0 Å². The molecule has 0 aliphatic carbocycles. The zero-order chi connectivity index (χ0) is 19.2. The van der Waals surface area contributed by atoms with Crippen molar-refractivity contribution >= 4 is 23.4 Å². The highest BCUT2D eigenvalue weighted by molar-refractivity contribution is 6.30. The molecule has 27 heavy (non-hydrogen) atoms. The van der Waals surface area contributed by atoms with Gasteiger partial charge in [0.15, 0.2) is 5.69 Å². The van der Waals surface area contributed by atoms with Crippen LogP contribution in [0.25, 0.3) is 0 Å². The van der Waals surface area contributed by atoms with Crippen LogP contribution in [0, 0.1) is 6.92 Å². The molecule has 2 amide bonds. The fraction of sp³-hybridized carbons (Fsp3) is 0.421. The Balaban J connectivity index is 1.35. The second kappa shape index (κ2) is 9.01. The minimum Gasteiger partial charge on any atom is -0.361 e. The molecule has 1 N–H and O–H groups in total. The summed E-state index contributed by atoms with van der Waals surface area (Å²) in [7, 11) is 0. The lowest BCUT2D eigenvalue weighted by Crippen LogP contribution is -2.50. The number of aryl methyl sites for hydroxylation is 1. The van der Waals surface area contributed by atoms with Gasteiger partial charge in [0, 0.05) is 50.4 Å². The highest BCUT2D eigenvalue weighted by atomic mass is 35.5. The van der Waals surface area contributed by atoms with Crippen molar-refractivity contribution in [1.82, 2.24) is 20.3 Å². The van der Waals surface area contributed by atoms with Gasteiger partial charge in [-0.1, -0.05) is 28.9 Å². The van der Waals surface area contributed by atoms with E-state index >= 15 is 0 Å². The Hall–Kier alpha value is -2.38. The van der Waals surface area contributed by atoms with Crippen molar-refractivity contribution in [3.8, 4) is 0 Å². The van der Waals surface area contributed by atoms with Gasteiger partial charge in [-0.3, -0.25) is 14.5 Å². The number of carbonyl (C=O) groups is 2. The number of hydrogen-bond donors (Lipinski definition) is 1. The Kier molecular flexibility index (Phi) is 6.47. The molecule has 0 atom stereocenters. The van der Waals surface area contributed by atoms with Crippen LogP contribution in [0.3, 0.4) is 0 Å². The third kappa shape index (κ3) is 5.55. The third-order valence-corrected chi connectivity index (χ3v) is 4.79. The van der Waals surface area contributed by atoms with Gasteiger partial charge in [0.25, 0.3) is 5.91 Å². The summed E-state index contributed by atoms with van der Waals surface area (Å²) in [6, 6.07) is 8.94. The van der Waals surface area contributed by atoms with Crippen LogP contribution in [-0.2, 0) is 11.2 Å². The minimum atomic E-state index is -0.0947. The maximum atomic E-state index is 12.3. The molecule has 144 valence electrons. The van der Waals surface area contributed by atoms with Crippen LogP contribution in [0.5, 0.6) is 0 Å². The molecule has 0 spiro atoms. The molecule has 1 aliphatic rings. The summed E-state index contributed by atoms with van der Waals surface area (Å²) < 4.78 is 4.97. The van der Waals surface area contributed by atoms with E-state index in [0.717, 1.165) is 25.2 Å². The number of aromatic nitrogens is 1. The molecule has 1 aromatic heterocycles. The summed E-state index contributed by atoms with van der Waals surface area (Å²) in [5, 5.41) is 7.39. The van der Waals surface area contributed by atoms with Gasteiger partial charge < -0.3 is 14.7 Å². The van der Waals surface area contributed by atoms with Crippen LogP contribution in [-0.4, -0.2) is 66.0 Å². The van der Waals surface area contributed by atoms with Crippen molar-refractivity contribution in [1.29, 1.82) is 0 Å². The lowest BCUT2D eigenvalue weighted by molar-refractivity contribution is -0.120. The Morgan fingerprint density at radius 2 is 1.89 bits per heavy atom. The predicted octanol–water partition coefficient (Wildman–Crippen LogP) is 1.75. The van der Waals surface area contributed by atoms with E-state index in [-0.39, 0.29) is 11.8 Å². The first kappa shape index (κ1) is 19.4. The van der Waals surface area contributed by atoms with Crippen LogP contribution in [0.15, 0.2) is 34.9 Å². The molecule has 1 aromatic carbocycles. The zero-order valence-electron chi connectivity index (χ0n) is 15.3. The second-order valence-electron chi connectivity index (χ2n) is 6.61. The second-order valence-corrected chi connectivity index (χ2v) is 7.05. The molecule has 8 heteroatoms. The molecule has 0 radical (unpaired) electrons. The first-order valence-corrected chi connectivity index (χ1v) is 9.35. The van der Waals surface area contributed by atoms with E-state index < -0.39 is 0 Å². The quantitative estimate of drug-likeness (QED) is 0.813. The van der Waals surface area contributed by atoms with Gasteiger partial charge in [-0.05, 0) is 24.6 Å². The topological polar surface area (TPSA) is 78.7 Å². The molecule has 7 nitrogen and oxygen atoms in total. The number of amides is 2. The molecule has 0 saturated carbocycles.